The van der Waals surface area contributed by atoms with Gasteiger partial charge in [-0.2, -0.15) is 0 Å². The molecule has 3 rings (SSSR count). The van der Waals surface area contributed by atoms with E-state index in [0.29, 0.717) is 4.90 Å². The van der Waals surface area contributed by atoms with Gasteiger partial charge in [0.2, 0.25) is 0 Å². The van der Waals surface area contributed by atoms with Gasteiger partial charge in [-0.15, -0.1) is 0 Å². The van der Waals surface area contributed by atoms with Crippen molar-refractivity contribution in [2.45, 2.75) is 17.7 Å². The Bertz CT molecular complexity index is 565. The average molecular weight is 217 g/mol. The maximum absolute atomic E-state index is 11.1. The van der Waals surface area contributed by atoms with E-state index < -0.39 is 11.1 Å². The lowest BCUT2D eigenvalue weighted by molar-refractivity contribution is 0.538. The highest BCUT2D eigenvalue weighted by Crippen LogP contribution is 2.33. The fraction of sp³-hybridized carbons (Fsp3) is 0.167. The van der Waals surface area contributed by atoms with Gasteiger partial charge in [-0.1, -0.05) is 24.3 Å². The molecule has 2 aromatic rings. The Labute approximate surface area is 90.2 Å². The van der Waals surface area contributed by atoms with Gasteiger partial charge in [-0.25, -0.2) is 0 Å². The second-order valence-electron chi connectivity index (χ2n) is 3.80. The summed E-state index contributed by atoms with van der Waals surface area (Å²) in [4.78, 5) is 0.414. The van der Waals surface area contributed by atoms with Crippen LogP contribution >= 0.6 is 0 Å². The summed E-state index contributed by atoms with van der Waals surface area (Å²) in [6.45, 7) is 0. The summed E-state index contributed by atoms with van der Waals surface area (Å²) in [5.41, 5.74) is 2.55. The van der Waals surface area contributed by atoms with Gasteiger partial charge in [0.15, 0.2) is 0 Å². The van der Waals surface area contributed by atoms with Crippen LogP contribution in [0.3, 0.4) is 0 Å². The Morgan fingerprint density at radius 1 is 1.07 bits per heavy atom. The van der Waals surface area contributed by atoms with Gasteiger partial charge in [0.1, 0.15) is 0 Å². The normalized spacial score (nSPS) is 15.8. The molecule has 1 unspecified atom stereocenters. The summed E-state index contributed by atoms with van der Waals surface area (Å²) in [6, 6.07) is 9.54. The number of hydrogen-bond acceptors (Lipinski definition) is 2. The van der Waals surface area contributed by atoms with E-state index in [0.717, 1.165) is 23.6 Å². The summed E-state index contributed by atoms with van der Waals surface area (Å²) in [5.74, 6) is 0. The van der Waals surface area contributed by atoms with Crippen molar-refractivity contribution in [1.29, 1.82) is 0 Å². The Morgan fingerprint density at radius 2 is 1.80 bits per heavy atom. The van der Waals surface area contributed by atoms with Crippen molar-refractivity contribution >= 4 is 21.9 Å². The number of aryl methyl sites for hydroxylation is 2. The molecule has 0 N–H and O–H groups in total. The lowest BCUT2D eigenvalue weighted by Crippen LogP contribution is -1.91. The highest BCUT2D eigenvalue weighted by atomic mass is 32.2. The first kappa shape index (κ1) is 9.07. The fourth-order valence-corrected chi connectivity index (χ4v) is 2.89. The van der Waals surface area contributed by atoms with E-state index in [1.807, 2.05) is 18.2 Å². The highest BCUT2D eigenvalue weighted by molar-refractivity contribution is 7.79. The lowest BCUT2D eigenvalue weighted by atomic mass is 10.1. The van der Waals surface area contributed by atoms with Gasteiger partial charge in [0.25, 0.3) is 0 Å². The lowest BCUT2D eigenvalue weighted by Gasteiger charge is -2.10. The Kier molecular flexibility index (Phi) is 1.90. The van der Waals surface area contributed by atoms with Crippen molar-refractivity contribution in [2.75, 3.05) is 0 Å². The quantitative estimate of drug-likeness (QED) is 0.687. The monoisotopic (exact) mass is 217 g/mol. The predicted octanol–water partition coefficient (Wildman–Crippen LogP) is 2.18. The van der Waals surface area contributed by atoms with E-state index in [9.17, 15) is 8.76 Å². The zero-order chi connectivity index (χ0) is 10.4. The molecule has 0 aliphatic heterocycles. The zero-order valence-electron chi connectivity index (χ0n) is 8.03. The van der Waals surface area contributed by atoms with Crippen LogP contribution in [0, 0.1) is 0 Å². The molecule has 1 atom stereocenters. The number of hydrogen-bond donors (Lipinski definition) is 0. The molecule has 15 heavy (non-hydrogen) atoms. The molecule has 0 amide bonds. The van der Waals surface area contributed by atoms with E-state index in [-0.39, 0.29) is 0 Å². The van der Waals surface area contributed by atoms with Crippen LogP contribution in [0.2, 0.25) is 0 Å². The maximum Gasteiger partial charge on any atom is 0.0327 e. The van der Waals surface area contributed by atoms with Crippen LogP contribution in [-0.4, -0.2) is 8.76 Å². The van der Waals surface area contributed by atoms with Crippen LogP contribution in [0.5, 0.6) is 0 Å². The first-order valence-corrected chi connectivity index (χ1v) is 5.97. The van der Waals surface area contributed by atoms with Crippen LogP contribution < -0.4 is 0 Å². The average Bonchev–Trinajstić information content (AvgIpc) is 2.64. The largest absolute Gasteiger partial charge is 0.768 e. The molecule has 1 aliphatic rings. The molecule has 0 spiro atoms. The molecule has 0 saturated heterocycles. The molecule has 0 radical (unpaired) electrons. The number of benzene rings is 2. The molecule has 2 aromatic carbocycles. The minimum Gasteiger partial charge on any atom is -0.768 e. The maximum atomic E-state index is 11.1. The van der Waals surface area contributed by atoms with Gasteiger partial charge in [-0.05, 0) is 51.9 Å². The topological polar surface area (TPSA) is 40.1 Å². The minimum atomic E-state index is -2.14. The van der Waals surface area contributed by atoms with Crippen molar-refractivity contribution in [2.24, 2.45) is 0 Å². The molecule has 0 bridgehead atoms. The molecule has 0 saturated carbocycles. The molecule has 0 aromatic heterocycles. The van der Waals surface area contributed by atoms with E-state index in [1.54, 1.807) is 6.07 Å². The molecule has 2 nitrogen and oxygen atoms in total. The molecular weight excluding hydrogens is 208 g/mol. The molecule has 3 heteroatoms. The van der Waals surface area contributed by atoms with E-state index in [1.165, 1.54) is 11.1 Å². The van der Waals surface area contributed by atoms with Gasteiger partial charge in [0.05, 0.1) is 0 Å². The van der Waals surface area contributed by atoms with Gasteiger partial charge >= 0.3 is 0 Å². The van der Waals surface area contributed by atoms with Crippen molar-refractivity contribution in [3.8, 4) is 0 Å². The van der Waals surface area contributed by atoms with Crippen molar-refractivity contribution < 1.29 is 8.76 Å². The zero-order valence-corrected chi connectivity index (χ0v) is 8.84. The smallest absolute Gasteiger partial charge is 0.0327 e. The van der Waals surface area contributed by atoms with Crippen LogP contribution in [0.15, 0.2) is 35.2 Å². The molecule has 0 heterocycles. The fourth-order valence-electron chi connectivity index (χ4n) is 2.37. The predicted molar refractivity (Wildman–Crippen MR) is 58.5 cm³/mol. The minimum absolute atomic E-state index is 0.414. The molecular formula is C12H9O2S-. The third-order valence-electron chi connectivity index (χ3n) is 3.02. The van der Waals surface area contributed by atoms with Gasteiger partial charge in [-0.3, -0.25) is 4.21 Å². The Morgan fingerprint density at radius 3 is 2.53 bits per heavy atom. The number of rotatable bonds is 1. The first-order valence-electron chi connectivity index (χ1n) is 4.90. The summed E-state index contributed by atoms with van der Waals surface area (Å²) in [6.07, 6.45) is 2.06. The van der Waals surface area contributed by atoms with E-state index >= 15 is 0 Å². The van der Waals surface area contributed by atoms with Crippen LogP contribution in [0.1, 0.15) is 11.1 Å². The summed E-state index contributed by atoms with van der Waals surface area (Å²) in [5, 5.41) is 2.02. The Hall–Kier alpha value is -1.19. The summed E-state index contributed by atoms with van der Waals surface area (Å²) >= 11 is -2.14. The van der Waals surface area contributed by atoms with E-state index in [4.69, 9.17) is 0 Å². The van der Waals surface area contributed by atoms with Crippen molar-refractivity contribution in [1.82, 2.24) is 0 Å². The third kappa shape index (κ3) is 1.24. The molecule has 1 aliphatic carbocycles. The highest BCUT2D eigenvalue weighted by Gasteiger charge is 2.15. The van der Waals surface area contributed by atoms with Gasteiger partial charge < -0.3 is 4.55 Å². The second-order valence-corrected chi connectivity index (χ2v) is 4.71. The van der Waals surface area contributed by atoms with Crippen molar-refractivity contribution in [3.63, 3.8) is 0 Å². The SMILES string of the molecule is O=S([O-])c1ccc2c3c(cccc13)CC2. The summed E-state index contributed by atoms with van der Waals surface area (Å²) in [7, 11) is 0. The van der Waals surface area contributed by atoms with Crippen molar-refractivity contribution in [3.05, 3.63) is 41.5 Å². The standard InChI is InChI=1S/C12H10O2S/c13-15(14)11-7-6-9-5-4-8-2-1-3-10(11)12(8)9/h1-3,6-7H,4-5H2,(H,13,14)/p-1. The molecule has 76 valence electrons. The van der Waals surface area contributed by atoms with Crippen LogP contribution in [0.4, 0.5) is 0 Å². The second kappa shape index (κ2) is 3.15. The van der Waals surface area contributed by atoms with Crippen LogP contribution in [0.25, 0.3) is 10.8 Å². The molecule has 0 fully saturated rings. The van der Waals surface area contributed by atoms with Crippen LogP contribution in [-0.2, 0) is 23.9 Å². The third-order valence-corrected chi connectivity index (χ3v) is 3.73. The summed E-state index contributed by atoms with van der Waals surface area (Å²) < 4.78 is 22.1. The van der Waals surface area contributed by atoms with Gasteiger partial charge in [0, 0.05) is 4.90 Å². The van der Waals surface area contributed by atoms with E-state index in [2.05, 4.69) is 6.07 Å². The first-order chi connectivity index (χ1) is 7.27. The Balaban J connectivity index is 2.48.